The van der Waals surface area contributed by atoms with Gasteiger partial charge in [0, 0.05) is 33.4 Å². The van der Waals surface area contributed by atoms with Crippen LogP contribution >= 0.6 is 0 Å². The summed E-state index contributed by atoms with van der Waals surface area (Å²) in [7, 11) is 3.12. The SMILES string of the molecule is COC1CN(c2nc(N)c(F)cc2F)CC1OC. The third-order valence-electron chi connectivity index (χ3n) is 3.06. The van der Waals surface area contributed by atoms with Gasteiger partial charge in [-0.1, -0.05) is 0 Å². The van der Waals surface area contributed by atoms with Crippen molar-refractivity contribution in [3.63, 3.8) is 0 Å². The van der Waals surface area contributed by atoms with Crippen molar-refractivity contribution >= 4 is 11.6 Å². The van der Waals surface area contributed by atoms with Crippen LogP contribution in [0.3, 0.4) is 0 Å². The number of pyridine rings is 1. The third kappa shape index (κ3) is 2.23. The monoisotopic (exact) mass is 259 g/mol. The molecule has 1 aromatic heterocycles. The van der Waals surface area contributed by atoms with Gasteiger partial charge in [-0.15, -0.1) is 0 Å². The van der Waals surface area contributed by atoms with Crippen molar-refractivity contribution in [3.05, 3.63) is 17.7 Å². The van der Waals surface area contributed by atoms with Crippen molar-refractivity contribution < 1.29 is 18.3 Å². The fraction of sp³-hybridized carbons (Fsp3) is 0.545. The van der Waals surface area contributed by atoms with E-state index in [4.69, 9.17) is 15.2 Å². The number of anilines is 2. The van der Waals surface area contributed by atoms with Crippen molar-refractivity contribution in [2.24, 2.45) is 0 Å². The van der Waals surface area contributed by atoms with Gasteiger partial charge >= 0.3 is 0 Å². The molecule has 1 aliphatic rings. The molecule has 0 amide bonds. The number of aromatic nitrogens is 1. The average Bonchev–Trinajstić information content (AvgIpc) is 2.76. The highest BCUT2D eigenvalue weighted by Gasteiger charge is 2.35. The van der Waals surface area contributed by atoms with Crippen LogP contribution in [0, 0.1) is 11.6 Å². The lowest BCUT2D eigenvalue weighted by atomic mass is 10.3. The van der Waals surface area contributed by atoms with Gasteiger partial charge < -0.3 is 20.1 Å². The minimum absolute atomic E-state index is 0.0236. The Morgan fingerprint density at radius 3 is 2.28 bits per heavy atom. The number of halogens is 2. The molecule has 0 bridgehead atoms. The largest absolute Gasteiger partial charge is 0.381 e. The van der Waals surface area contributed by atoms with Crippen LogP contribution in [0.2, 0.25) is 0 Å². The van der Waals surface area contributed by atoms with Gasteiger partial charge in [-0.05, 0) is 0 Å². The normalized spacial score (nSPS) is 23.7. The number of hydrogen-bond donors (Lipinski definition) is 1. The van der Waals surface area contributed by atoms with Crippen LogP contribution in [0.1, 0.15) is 0 Å². The quantitative estimate of drug-likeness (QED) is 0.869. The predicted molar refractivity (Wildman–Crippen MR) is 62.4 cm³/mol. The fourth-order valence-corrected chi connectivity index (χ4v) is 2.06. The molecule has 1 aliphatic heterocycles. The molecule has 0 spiro atoms. The summed E-state index contributed by atoms with van der Waals surface area (Å²) in [6, 6.07) is 0.736. The predicted octanol–water partition coefficient (Wildman–Crippen LogP) is 0.792. The number of nitrogens with zero attached hydrogens (tertiary/aromatic N) is 2. The maximum absolute atomic E-state index is 13.7. The highest BCUT2D eigenvalue weighted by atomic mass is 19.1. The van der Waals surface area contributed by atoms with Gasteiger partial charge in [-0.25, -0.2) is 13.8 Å². The Balaban J connectivity index is 2.25. The molecule has 0 aromatic carbocycles. The van der Waals surface area contributed by atoms with Crippen LogP contribution < -0.4 is 10.6 Å². The number of nitrogens with two attached hydrogens (primary N) is 1. The zero-order chi connectivity index (χ0) is 13.3. The summed E-state index contributed by atoms with van der Waals surface area (Å²) in [6.45, 7) is 0.841. The van der Waals surface area contributed by atoms with E-state index in [1.54, 1.807) is 19.1 Å². The maximum atomic E-state index is 13.7. The molecular weight excluding hydrogens is 244 g/mol. The second kappa shape index (κ2) is 5.03. The van der Waals surface area contributed by atoms with Crippen molar-refractivity contribution in [1.29, 1.82) is 0 Å². The van der Waals surface area contributed by atoms with Gasteiger partial charge in [0.05, 0.1) is 0 Å². The molecule has 18 heavy (non-hydrogen) atoms. The average molecular weight is 259 g/mol. The Hall–Kier alpha value is -1.47. The molecule has 2 heterocycles. The number of rotatable bonds is 3. The minimum atomic E-state index is -0.859. The number of hydrogen-bond acceptors (Lipinski definition) is 5. The molecule has 7 heteroatoms. The van der Waals surface area contributed by atoms with Gasteiger partial charge in [0.15, 0.2) is 23.3 Å². The lowest BCUT2D eigenvalue weighted by Crippen LogP contribution is -2.27. The summed E-state index contributed by atoms with van der Waals surface area (Å²) in [5.41, 5.74) is 5.35. The van der Waals surface area contributed by atoms with E-state index in [0.717, 1.165) is 6.07 Å². The van der Waals surface area contributed by atoms with Gasteiger partial charge in [0.2, 0.25) is 0 Å². The molecule has 100 valence electrons. The Labute approximate surface area is 103 Å². The Bertz CT molecular complexity index is 433. The molecule has 1 saturated heterocycles. The topological polar surface area (TPSA) is 60.6 Å². The highest BCUT2D eigenvalue weighted by Crippen LogP contribution is 2.26. The standard InChI is InChI=1S/C11H15F2N3O2/c1-17-8-4-16(5-9(8)18-2)11-7(13)3-6(12)10(14)15-11/h3,8-9H,4-5H2,1-2H3,(H2,14,15). The summed E-state index contributed by atoms with van der Waals surface area (Å²) in [4.78, 5) is 5.37. The molecule has 0 saturated carbocycles. The number of methoxy groups -OCH3 is 2. The molecule has 1 fully saturated rings. The highest BCUT2D eigenvalue weighted by molar-refractivity contribution is 5.48. The van der Waals surface area contributed by atoms with E-state index in [2.05, 4.69) is 4.98 Å². The Kier molecular flexibility index (Phi) is 3.63. The zero-order valence-corrected chi connectivity index (χ0v) is 10.2. The van der Waals surface area contributed by atoms with Gasteiger partial charge in [0.1, 0.15) is 12.2 Å². The van der Waals surface area contributed by atoms with Crippen molar-refractivity contribution in [2.75, 3.05) is 37.9 Å². The first-order valence-corrected chi connectivity index (χ1v) is 5.48. The minimum Gasteiger partial charge on any atom is -0.381 e. The Morgan fingerprint density at radius 1 is 1.22 bits per heavy atom. The smallest absolute Gasteiger partial charge is 0.168 e. The first-order valence-electron chi connectivity index (χ1n) is 5.48. The first kappa shape index (κ1) is 13.0. The van der Waals surface area contributed by atoms with E-state index in [-0.39, 0.29) is 23.8 Å². The summed E-state index contributed by atoms with van der Waals surface area (Å²) in [6.07, 6.45) is -0.357. The third-order valence-corrected chi connectivity index (χ3v) is 3.06. The first-order chi connectivity index (χ1) is 8.56. The molecule has 0 radical (unpaired) electrons. The maximum Gasteiger partial charge on any atom is 0.168 e. The van der Waals surface area contributed by atoms with Crippen LogP contribution in [-0.4, -0.2) is 44.5 Å². The van der Waals surface area contributed by atoms with E-state index < -0.39 is 11.6 Å². The lowest BCUT2D eigenvalue weighted by Gasteiger charge is -2.17. The fourth-order valence-electron chi connectivity index (χ4n) is 2.06. The summed E-state index contributed by atoms with van der Waals surface area (Å²) in [5.74, 6) is -1.90. The van der Waals surface area contributed by atoms with Crippen LogP contribution in [0.25, 0.3) is 0 Å². The Morgan fingerprint density at radius 2 is 1.78 bits per heavy atom. The second-order valence-electron chi connectivity index (χ2n) is 4.11. The van der Waals surface area contributed by atoms with Gasteiger partial charge in [-0.3, -0.25) is 0 Å². The second-order valence-corrected chi connectivity index (χ2v) is 4.11. The van der Waals surface area contributed by atoms with Crippen LogP contribution in [0.5, 0.6) is 0 Å². The van der Waals surface area contributed by atoms with Crippen LogP contribution in [-0.2, 0) is 9.47 Å². The summed E-state index contributed by atoms with van der Waals surface area (Å²) >= 11 is 0. The van der Waals surface area contributed by atoms with E-state index in [1.807, 2.05) is 0 Å². The molecule has 1 aromatic rings. The van der Waals surface area contributed by atoms with Crippen molar-refractivity contribution in [1.82, 2.24) is 4.98 Å². The van der Waals surface area contributed by atoms with E-state index in [9.17, 15) is 8.78 Å². The number of nitrogen functional groups attached to an aromatic ring is 1. The molecule has 0 aliphatic carbocycles. The van der Waals surface area contributed by atoms with E-state index >= 15 is 0 Å². The van der Waals surface area contributed by atoms with Crippen LogP contribution in [0.15, 0.2) is 6.07 Å². The van der Waals surface area contributed by atoms with Crippen LogP contribution in [0.4, 0.5) is 20.4 Å². The van der Waals surface area contributed by atoms with Crippen molar-refractivity contribution in [2.45, 2.75) is 12.2 Å². The number of ether oxygens (including phenoxy) is 2. The molecular formula is C11H15F2N3O2. The summed E-state index contributed by atoms with van der Waals surface area (Å²) in [5, 5.41) is 0. The summed E-state index contributed by atoms with van der Waals surface area (Å²) < 4.78 is 37.2. The lowest BCUT2D eigenvalue weighted by molar-refractivity contribution is -0.00461. The van der Waals surface area contributed by atoms with Gasteiger partial charge in [0.25, 0.3) is 0 Å². The molecule has 2 rings (SSSR count). The van der Waals surface area contributed by atoms with Crippen molar-refractivity contribution in [3.8, 4) is 0 Å². The zero-order valence-electron chi connectivity index (χ0n) is 10.2. The molecule has 5 nitrogen and oxygen atoms in total. The van der Waals surface area contributed by atoms with E-state index in [1.165, 1.54) is 0 Å². The van der Waals surface area contributed by atoms with E-state index in [0.29, 0.717) is 13.1 Å². The molecule has 2 N–H and O–H groups in total. The molecule has 2 atom stereocenters. The molecule has 2 unspecified atom stereocenters. The van der Waals surface area contributed by atoms with Gasteiger partial charge in [-0.2, -0.15) is 0 Å².